The molecule has 2 aromatic carbocycles. The van der Waals surface area contributed by atoms with Crippen LogP contribution in [0.4, 0.5) is 0 Å². The summed E-state index contributed by atoms with van der Waals surface area (Å²) < 4.78 is 17.5. The highest BCUT2D eigenvalue weighted by Gasteiger charge is 2.46. The molecule has 0 aromatic heterocycles. The average molecular weight is 282 g/mol. The summed E-state index contributed by atoms with van der Waals surface area (Å²) in [4.78, 5) is 0. The van der Waals surface area contributed by atoms with Crippen LogP contribution in [0.5, 0.6) is 5.75 Å². The summed E-state index contributed by atoms with van der Waals surface area (Å²) in [5.41, 5.74) is 1.76. The van der Waals surface area contributed by atoms with E-state index in [1.165, 1.54) is 0 Å². The van der Waals surface area contributed by atoms with Gasteiger partial charge in [0.05, 0.1) is 18.8 Å². The van der Waals surface area contributed by atoms with Crippen molar-refractivity contribution in [3.05, 3.63) is 60.2 Å². The second-order valence-electron chi connectivity index (χ2n) is 5.75. The van der Waals surface area contributed by atoms with Gasteiger partial charge in [-0.25, -0.2) is 0 Å². The van der Waals surface area contributed by atoms with Crippen LogP contribution in [0.1, 0.15) is 25.5 Å². The third-order valence-electron chi connectivity index (χ3n) is 3.79. The van der Waals surface area contributed by atoms with E-state index in [0.717, 1.165) is 16.8 Å². The second kappa shape index (κ2) is 5.55. The Kier molecular flexibility index (Phi) is 3.74. The number of ether oxygens (including phenoxy) is 1. The minimum atomic E-state index is -0.380. The van der Waals surface area contributed by atoms with Crippen LogP contribution in [0.3, 0.4) is 0 Å². The summed E-state index contributed by atoms with van der Waals surface area (Å²) in [5.74, 6) is 0.843. The van der Waals surface area contributed by atoms with Gasteiger partial charge < -0.3 is 14.0 Å². The Bertz CT molecular complexity index is 595. The molecule has 4 heteroatoms. The van der Waals surface area contributed by atoms with E-state index in [1.54, 1.807) is 7.11 Å². The van der Waals surface area contributed by atoms with Gasteiger partial charge in [0.25, 0.3) is 0 Å². The highest BCUT2D eigenvalue weighted by Crippen LogP contribution is 2.39. The minimum Gasteiger partial charge on any atom is -0.497 e. The predicted octanol–water partition coefficient (Wildman–Crippen LogP) is 2.96. The topological polar surface area (TPSA) is 27.7 Å². The molecule has 1 aliphatic rings. The van der Waals surface area contributed by atoms with Crippen LogP contribution in [0.15, 0.2) is 54.6 Å². The van der Waals surface area contributed by atoms with Crippen molar-refractivity contribution in [1.82, 2.24) is 0 Å². The molecule has 1 fully saturated rings. The highest BCUT2D eigenvalue weighted by molar-refractivity contribution is 6.61. The maximum Gasteiger partial charge on any atom is 0.494 e. The standard InChI is InChI=1S/C17H19BO3/c1-17(2)16(13-9-11-15(19-3)12-10-13)20-18(21-17)14-7-5-4-6-8-14/h4-12,16H,1-3H3. The van der Waals surface area contributed by atoms with Crippen LogP contribution in [0, 0.1) is 0 Å². The molecule has 1 unspecified atom stereocenters. The van der Waals surface area contributed by atoms with E-state index in [2.05, 4.69) is 13.8 Å². The Labute approximate surface area is 126 Å². The summed E-state index contributed by atoms with van der Waals surface area (Å²) in [5, 5.41) is 0. The summed E-state index contributed by atoms with van der Waals surface area (Å²) in [6, 6.07) is 18.0. The van der Waals surface area contributed by atoms with Crippen molar-refractivity contribution >= 4 is 12.6 Å². The molecule has 0 spiro atoms. The van der Waals surface area contributed by atoms with Crippen molar-refractivity contribution in [3.63, 3.8) is 0 Å². The van der Waals surface area contributed by atoms with E-state index in [0.29, 0.717) is 0 Å². The summed E-state index contributed by atoms with van der Waals surface area (Å²) in [6.45, 7) is 4.12. The van der Waals surface area contributed by atoms with E-state index >= 15 is 0 Å². The molecule has 1 aliphatic heterocycles. The number of hydrogen-bond acceptors (Lipinski definition) is 3. The van der Waals surface area contributed by atoms with Crippen LogP contribution in [0.25, 0.3) is 0 Å². The Morgan fingerprint density at radius 1 is 1.00 bits per heavy atom. The fourth-order valence-electron chi connectivity index (χ4n) is 2.67. The monoisotopic (exact) mass is 282 g/mol. The van der Waals surface area contributed by atoms with Crippen LogP contribution < -0.4 is 10.2 Å². The van der Waals surface area contributed by atoms with Crippen molar-refractivity contribution in [1.29, 1.82) is 0 Å². The molecule has 0 aliphatic carbocycles. The normalized spacial score (nSPS) is 20.5. The molecule has 0 amide bonds. The van der Waals surface area contributed by atoms with Gasteiger partial charge in [0.1, 0.15) is 5.75 Å². The SMILES string of the molecule is COc1ccc(C2OB(c3ccccc3)OC2(C)C)cc1. The highest BCUT2D eigenvalue weighted by atomic mass is 16.7. The molecule has 1 heterocycles. The molecule has 0 radical (unpaired) electrons. The van der Waals surface area contributed by atoms with Crippen molar-refractivity contribution in [3.8, 4) is 5.75 Å². The van der Waals surface area contributed by atoms with E-state index in [-0.39, 0.29) is 18.8 Å². The lowest BCUT2D eigenvalue weighted by atomic mass is 9.79. The number of rotatable bonds is 3. The summed E-state index contributed by atoms with van der Waals surface area (Å²) in [6.07, 6.45) is -0.103. The smallest absolute Gasteiger partial charge is 0.494 e. The van der Waals surface area contributed by atoms with Gasteiger partial charge in [-0.2, -0.15) is 0 Å². The zero-order valence-corrected chi connectivity index (χ0v) is 12.6. The van der Waals surface area contributed by atoms with E-state index < -0.39 is 0 Å². The Morgan fingerprint density at radius 2 is 1.67 bits per heavy atom. The minimum absolute atomic E-state index is 0.103. The molecular weight excluding hydrogens is 263 g/mol. The van der Waals surface area contributed by atoms with Crippen LogP contribution in [-0.2, 0) is 9.31 Å². The molecule has 1 saturated heterocycles. The van der Waals surface area contributed by atoms with Crippen LogP contribution in [-0.4, -0.2) is 19.8 Å². The van der Waals surface area contributed by atoms with Gasteiger partial charge in [-0.3, -0.25) is 0 Å². The third-order valence-corrected chi connectivity index (χ3v) is 3.79. The molecule has 108 valence electrons. The Hall–Kier alpha value is -1.78. The first-order chi connectivity index (χ1) is 10.1. The van der Waals surface area contributed by atoms with Gasteiger partial charge in [-0.15, -0.1) is 0 Å². The van der Waals surface area contributed by atoms with Gasteiger partial charge in [0.15, 0.2) is 0 Å². The largest absolute Gasteiger partial charge is 0.497 e. The van der Waals surface area contributed by atoms with Gasteiger partial charge in [-0.05, 0) is 37.0 Å². The molecule has 2 aromatic rings. The molecule has 0 N–H and O–H groups in total. The van der Waals surface area contributed by atoms with E-state index in [9.17, 15) is 0 Å². The molecule has 3 nitrogen and oxygen atoms in total. The van der Waals surface area contributed by atoms with Crippen molar-refractivity contribution in [2.45, 2.75) is 25.6 Å². The first-order valence-corrected chi connectivity index (χ1v) is 7.12. The van der Waals surface area contributed by atoms with Gasteiger partial charge in [0.2, 0.25) is 0 Å². The van der Waals surface area contributed by atoms with Crippen LogP contribution in [0.2, 0.25) is 0 Å². The van der Waals surface area contributed by atoms with Crippen molar-refractivity contribution in [2.24, 2.45) is 0 Å². The zero-order chi connectivity index (χ0) is 14.9. The lowest BCUT2D eigenvalue weighted by molar-refractivity contribution is 0.0727. The fourth-order valence-corrected chi connectivity index (χ4v) is 2.67. The van der Waals surface area contributed by atoms with Crippen molar-refractivity contribution < 1.29 is 14.0 Å². The maximum absolute atomic E-state index is 6.16. The summed E-state index contributed by atoms with van der Waals surface area (Å²) >= 11 is 0. The van der Waals surface area contributed by atoms with Gasteiger partial charge in [0, 0.05) is 0 Å². The fraction of sp³-hybridized carbons (Fsp3) is 0.294. The van der Waals surface area contributed by atoms with Crippen molar-refractivity contribution in [2.75, 3.05) is 7.11 Å². The Balaban J connectivity index is 1.85. The lowest BCUT2D eigenvalue weighted by Crippen LogP contribution is -2.34. The molecular formula is C17H19BO3. The average Bonchev–Trinajstić information content (AvgIpc) is 2.84. The second-order valence-corrected chi connectivity index (χ2v) is 5.75. The molecule has 0 bridgehead atoms. The lowest BCUT2D eigenvalue weighted by Gasteiger charge is -2.25. The maximum atomic E-state index is 6.16. The van der Waals surface area contributed by atoms with Gasteiger partial charge in [-0.1, -0.05) is 42.5 Å². The quantitative estimate of drug-likeness (QED) is 0.810. The first kappa shape index (κ1) is 14.2. The zero-order valence-electron chi connectivity index (χ0n) is 12.6. The third kappa shape index (κ3) is 2.82. The number of methoxy groups -OCH3 is 1. The number of benzene rings is 2. The van der Waals surface area contributed by atoms with Gasteiger partial charge >= 0.3 is 7.12 Å². The molecule has 1 atom stereocenters. The first-order valence-electron chi connectivity index (χ1n) is 7.12. The molecule has 21 heavy (non-hydrogen) atoms. The number of hydrogen-bond donors (Lipinski definition) is 0. The Morgan fingerprint density at radius 3 is 2.29 bits per heavy atom. The molecule has 0 saturated carbocycles. The molecule has 3 rings (SSSR count). The van der Waals surface area contributed by atoms with E-state index in [4.69, 9.17) is 14.0 Å². The summed E-state index contributed by atoms with van der Waals surface area (Å²) in [7, 11) is 1.34. The van der Waals surface area contributed by atoms with E-state index in [1.807, 2.05) is 54.6 Å². The predicted molar refractivity (Wildman–Crippen MR) is 83.8 cm³/mol. The van der Waals surface area contributed by atoms with Crippen LogP contribution >= 0.6 is 0 Å².